The smallest absolute Gasteiger partial charge is 0.326 e. The third-order valence-corrected chi connectivity index (χ3v) is 3.51. The predicted molar refractivity (Wildman–Crippen MR) is 87.5 cm³/mol. The molecular weight excluding hydrogens is 317 g/mol. The highest BCUT2D eigenvalue weighted by molar-refractivity contribution is 5.90. The SMILES string of the molecule is CN(CCC(=O)Nc1ccc(C(F)(F)F)cc1)Cc1ccccc1. The Morgan fingerprint density at radius 3 is 2.25 bits per heavy atom. The van der Waals surface area contributed by atoms with E-state index in [-0.39, 0.29) is 12.3 Å². The molecule has 0 fully saturated rings. The number of halogens is 3. The van der Waals surface area contributed by atoms with Gasteiger partial charge in [-0.15, -0.1) is 0 Å². The van der Waals surface area contributed by atoms with Crippen molar-refractivity contribution in [2.24, 2.45) is 0 Å². The number of alkyl halides is 3. The Morgan fingerprint density at radius 2 is 1.67 bits per heavy atom. The second kappa shape index (κ2) is 7.97. The first-order valence-electron chi connectivity index (χ1n) is 7.54. The van der Waals surface area contributed by atoms with Gasteiger partial charge in [0.25, 0.3) is 0 Å². The Hall–Kier alpha value is -2.34. The number of carbonyl (C=O) groups excluding carboxylic acids is 1. The highest BCUT2D eigenvalue weighted by Gasteiger charge is 2.29. The Labute approximate surface area is 139 Å². The summed E-state index contributed by atoms with van der Waals surface area (Å²) in [6, 6.07) is 14.3. The van der Waals surface area contributed by atoms with Crippen LogP contribution in [-0.2, 0) is 17.5 Å². The quantitative estimate of drug-likeness (QED) is 0.859. The zero-order valence-corrected chi connectivity index (χ0v) is 13.3. The average molecular weight is 336 g/mol. The van der Waals surface area contributed by atoms with E-state index in [1.807, 2.05) is 42.3 Å². The molecule has 0 aliphatic heterocycles. The van der Waals surface area contributed by atoms with Gasteiger partial charge in [0, 0.05) is 25.2 Å². The van der Waals surface area contributed by atoms with Gasteiger partial charge in [0.1, 0.15) is 0 Å². The van der Waals surface area contributed by atoms with Gasteiger partial charge in [-0.25, -0.2) is 0 Å². The maximum atomic E-state index is 12.5. The maximum absolute atomic E-state index is 12.5. The molecule has 0 aliphatic rings. The van der Waals surface area contributed by atoms with Crippen molar-refractivity contribution in [2.75, 3.05) is 18.9 Å². The molecule has 6 heteroatoms. The fourth-order valence-corrected chi connectivity index (χ4v) is 2.23. The first-order valence-corrected chi connectivity index (χ1v) is 7.54. The van der Waals surface area contributed by atoms with Crippen LogP contribution in [0.5, 0.6) is 0 Å². The number of benzene rings is 2. The molecule has 24 heavy (non-hydrogen) atoms. The summed E-state index contributed by atoms with van der Waals surface area (Å²) >= 11 is 0. The van der Waals surface area contributed by atoms with Crippen LogP contribution in [-0.4, -0.2) is 24.4 Å². The van der Waals surface area contributed by atoms with Gasteiger partial charge in [0.15, 0.2) is 0 Å². The Morgan fingerprint density at radius 1 is 1.04 bits per heavy atom. The fourth-order valence-electron chi connectivity index (χ4n) is 2.23. The lowest BCUT2D eigenvalue weighted by Crippen LogP contribution is -2.24. The first-order chi connectivity index (χ1) is 11.3. The third kappa shape index (κ3) is 5.70. The van der Waals surface area contributed by atoms with Crippen molar-refractivity contribution < 1.29 is 18.0 Å². The van der Waals surface area contributed by atoms with Gasteiger partial charge in [0.05, 0.1) is 5.56 Å². The van der Waals surface area contributed by atoms with Gasteiger partial charge in [-0.05, 0) is 36.9 Å². The lowest BCUT2D eigenvalue weighted by Gasteiger charge is -2.16. The van der Waals surface area contributed by atoms with Crippen LogP contribution in [0.1, 0.15) is 17.5 Å². The van der Waals surface area contributed by atoms with Gasteiger partial charge in [-0.3, -0.25) is 4.79 Å². The largest absolute Gasteiger partial charge is 0.416 e. The number of carbonyl (C=O) groups is 1. The number of nitrogens with zero attached hydrogens (tertiary/aromatic N) is 1. The molecule has 0 aliphatic carbocycles. The van der Waals surface area contributed by atoms with E-state index in [0.717, 1.165) is 24.2 Å². The number of hydrogen-bond acceptors (Lipinski definition) is 2. The Bertz CT molecular complexity index is 654. The van der Waals surface area contributed by atoms with Crippen molar-refractivity contribution in [3.8, 4) is 0 Å². The van der Waals surface area contributed by atoms with Gasteiger partial charge >= 0.3 is 6.18 Å². The van der Waals surface area contributed by atoms with E-state index in [1.165, 1.54) is 12.1 Å². The van der Waals surface area contributed by atoms with Crippen LogP contribution < -0.4 is 5.32 Å². The molecule has 0 heterocycles. The standard InChI is InChI=1S/C18H19F3N2O/c1-23(13-14-5-3-2-4-6-14)12-11-17(24)22-16-9-7-15(8-10-16)18(19,20)21/h2-10H,11-13H2,1H3,(H,22,24). The van der Waals surface area contributed by atoms with Crippen LogP contribution in [0.3, 0.4) is 0 Å². The third-order valence-electron chi connectivity index (χ3n) is 3.51. The van der Waals surface area contributed by atoms with Crippen molar-refractivity contribution in [1.29, 1.82) is 0 Å². The summed E-state index contributed by atoms with van der Waals surface area (Å²) in [6.45, 7) is 1.29. The molecule has 0 aromatic heterocycles. The molecule has 0 radical (unpaired) electrons. The van der Waals surface area contributed by atoms with Crippen LogP contribution in [0.2, 0.25) is 0 Å². The monoisotopic (exact) mass is 336 g/mol. The van der Waals surface area contributed by atoms with Gasteiger partial charge < -0.3 is 10.2 Å². The molecule has 2 rings (SSSR count). The fraction of sp³-hybridized carbons (Fsp3) is 0.278. The maximum Gasteiger partial charge on any atom is 0.416 e. The number of rotatable bonds is 6. The van der Waals surface area contributed by atoms with E-state index in [0.29, 0.717) is 12.2 Å². The highest BCUT2D eigenvalue weighted by Crippen LogP contribution is 2.29. The van der Waals surface area contributed by atoms with Gasteiger partial charge in [-0.2, -0.15) is 13.2 Å². The van der Waals surface area contributed by atoms with Crippen LogP contribution in [0.15, 0.2) is 54.6 Å². The van der Waals surface area contributed by atoms with Crippen molar-refractivity contribution in [3.63, 3.8) is 0 Å². The van der Waals surface area contributed by atoms with Crippen LogP contribution in [0.4, 0.5) is 18.9 Å². The van der Waals surface area contributed by atoms with E-state index in [1.54, 1.807) is 0 Å². The van der Waals surface area contributed by atoms with E-state index in [2.05, 4.69) is 5.32 Å². The van der Waals surface area contributed by atoms with Crippen molar-refractivity contribution >= 4 is 11.6 Å². The molecule has 1 amide bonds. The molecule has 0 bridgehead atoms. The lowest BCUT2D eigenvalue weighted by molar-refractivity contribution is -0.137. The molecule has 128 valence electrons. The highest BCUT2D eigenvalue weighted by atomic mass is 19.4. The zero-order valence-electron chi connectivity index (χ0n) is 13.3. The molecular formula is C18H19F3N2O. The van der Waals surface area contributed by atoms with Crippen LogP contribution in [0, 0.1) is 0 Å². The van der Waals surface area contributed by atoms with Gasteiger partial charge in [0.2, 0.25) is 5.91 Å². The summed E-state index contributed by atoms with van der Waals surface area (Å²) in [7, 11) is 1.92. The predicted octanol–water partition coefficient (Wildman–Crippen LogP) is 4.17. The van der Waals surface area contributed by atoms with Crippen LogP contribution >= 0.6 is 0 Å². The minimum atomic E-state index is -4.37. The molecule has 0 unspecified atom stereocenters. The van der Waals surface area contributed by atoms with E-state index in [4.69, 9.17) is 0 Å². The second-order valence-electron chi connectivity index (χ2n) is 5.60. The minimum absolute atomic E-state index is 0.227. The number of amides is 1. The Balaban J connectivity index is 1.78. The number of hydrogen-bond donors (Lipinski definition) is 1. The second-order valence-corrected chi connectivity index (χ2v) is 5.60. The average Bonchev–Trinajstić information content (AvgIpc) is 2.53. The summed E-state index contributed by atoms with van der Waals surface area (Å²) in [4.78, 5) is 13.9. The molecule has 2 aromatic carbocycles. The van der Waals surface area contributed by atoms with E-state index < -0.39 is 11.7 Å². The van der Waals surface area contributed by atoms with E-state index >= 15 is 0 Å². The first kappa shape index (κ1) is 18.0. The number of anilines is 1. The normalized spacial score (nSPS) is 11.5. The molecule has 0 saturated heterocycles. The number of nitrogens with one attached hydrogen (secondary N) is 1. The van der Waals surface area contributed by atoms with Crippen LogP contribution in [0.25, 0.3) is 0 Å². The summed E-state index contributed by atoms with van der Waals surface area (Å²) in [5.74, 6) is -0.227. The lowest BCUT2D eigenvalue weighted by atomic mass is 10.2. The molecule has 1 N–H and O–H groups in total. The van der Waals surface area contributed by atoms with E-state index in [9.17, 15) is 18.0 Å². The summed E-state index contributed by atoms with van der Waals surface area (Å²) in [5.41, 5.74) is 0.782. The van der Waals surface area contributed by atoms with Crippen molar-refractivity contribution in [2.45, 2.75) is 19.1 Å². The molecule has 2 aromatic rings. The topological polar surface area (TPSA) is 32.3 Å². The zero-order chi connectivity index (χ0) is 17.6. The van der Waals surface area contributed by atoms with Crippen molar-refractivity contribution in [3.05, 3.63) is 65.7 Å². The summed E-state index contributed by atoms with van der Waals surface area (Å²) < 4.78 is 37.4. The molecule has 0 spiro atoms. The summed E-state index contributed by atoms with van der Waals surface area (Å²) in [6.07, 6.45) is -4.10. The molecule has 0 saturated carbocycles. The molecule has 3 nitrogen and oxygen atoms in total. The summed E-state index contributed by atoms with van der Waals surface area (Å²) in [5, 5.41) is 2.61. The molecule has 0 atom stereocenters. The van der Waals surface area contributed by atoms with Gasteiger partial charge in [-0.1, -0.05) is 30.3 Å². The minimum Gasteiger partial charge on any atom is -0.326 e. The Kier molecular flexibility index (Phi) is 5.98. The van der Waals surface area contributed by atoms with Crippen molar-refractivity contribution in [1.82, 2.24) is 4.90 Å².